The number of amides is 1. The van der Waals surface area contributed by atoms with Crippen LogP contribution in [0.5, 0.6) is 0 Å². The highest BCUT2D eigenvalue weighted by Crippen LogP contribution is 2.19. The average molecular weight is 274 g/mol. The highest BCUT2D eigenvalue weighted by molar-refractivity contribution is 6.07. The highest BCUT2D eigenvalue weighted by Gasteiger charge is 2.18. The second-order valence-corrected chi connectivity index (χ2v) is 3.64. The number of nitrogens with zero attached hydrogens (tertiary/aromatic N) is 4. The Morgan fingerprint density at radius 3 is 2.70 bits per heavy atom. The van der Waals surface area contributed by atoms with Crippen LogP contribution in [-0.2, 0) is 0 Å². The minimum absolute atomic E-state index is 0.0485. The van der Waals surface area contributed by atoms with Crippen molar-refractivity contribution in [3.05, 3.63) is 46.5 Å². The van der Waals surface area contributed by atoms with Crippen molar-refractivity contribution < 1.29 is 9.72 Å². The molecule has 0 aliphatic carbocycles. The van der Waals surface area contributed by atoms with Gasteiger partial charge in [0, 0.05) is 25.5 Å². The van der Waals surface area contributed by atoms with Crippen LogP contribution in [0.15, 0.2) is 30.9 Å². The number of hydrogen-bond donors (Lipinski definition) is 2. The number of rotatable bonds is 4. The Hall–Kier alpha value is -3.10. The molecule has 2 aromatic rings. The summed E-state index contributed by atoms with van der Waals surface area (Å²) in [6.07, 6.45) is 5.32. The normalized spacial score (nSPS) is 9.85. The lowest BCUT2D eigenvalue weighted by Gasteiger charge is -2.07. The molecule has 0 spiro atoms. The van der Waals surface area contributed by atoms with E-state index in [1.165, 1.54) is 18.6 Å². The summed E-state index contributed by atoms with van der Waals surface area (Å²) in [5.41, 5.74) is -0.222. The van der Waals surface area contributed by atoms with E-state index in [0.29, 0.717) is 0 Å². The van der Waals surface area contributed by atoms with E-state index in [2.05, 4.69) is 25.6 Å². The fourth-order valence-electron chi connectivity index (χ4n) is 1.47. The molecule has 102 valence electrons. The Balaban J connectivity index is 2.32. The number of aromatic nitrogens is 3. The van der Waals surface area contributed by atoms with Crippen molar-refractivity contribution in [1.82, 2.24) is 15.0 Å². The molecule has 9 nitrogen and oxygen atoms in total. The third kappa shape index (κ3) is 2.83. The van der Waals surface area contributed by atoms with E-state index >= 15 is 0 Å². The zero-order valence-corrected chi connectivity index (χ0v) is 10.4. The molecule has 2 N–H and O–H groups in total. The molecule has 0 saturated carbocycles. The van der Waals surface area contributed by atoms with Crippen molar-refractivity contribution in [3.8, 4) is 0 Å². The van der Waals surface area contributed by atoms with Crippen molar-refractivity contribution in [2.75, 3.05) is 17.7 Å². The molecule has 0 fully saturated rings. The maximum atomic E-state index is 12.1. The number of carbonyl (C=O) groups excluding carboxylic acids is 1. The maximum absolute atomic E-state index is 12.1. The first-order valence-corrected chi connectivity index (χ1v) is 5.51. The van der Waals surface area contributed by atoms with E-state index in [1.54, 1.807) is 7.05 Å². The predicted molar refractivity (Wildman–Crippen MR) is 70.4 cm³/mol. The molecule has 1 amide bonds. The zero-order valence-electron chi connectivity index (χ0n) is 10.4. The minimum Gasteiger partial charge on any atom is -0.372 e. The summed E-state index contributed by atoms with van der Waals surface area (Å²) < 4.78 is 0. The van der Waals surface area contributed by atoms with Gasteiger partial charge in [0.05, 0.1) is 16.7 Å². The minimum atomic E-state index is -0.620. The lowest BCUT2D eigenvalue weighted by molar-refractivity contribution is -0.385. The maximum Gasteiger partial charge on any atom is 0.288 e. The highest BCUT2D eigenvalue weighted by atomic mass is 16.6. The molecule has 2 aromatic heterocycles. The van der Waals surface area contributed by atoms with Crippen LogP contribution < -0.4 is 10.6 Å². The predicted octanol–water partition coefficient (Wildman–Crippen LogP) is 1.07. The summed E-state index contributed by atoms with van der Waals surface area (Å²) in [6, 6.07) is 1.14. The van der Waals surface area contributed by atoms with E-state index in [9.17, 15) is 14.9 Å². The molecule has 0 atom stereocenters. The second kappa shape index (κ2) is 5.69. The van der Waals surface area contributed by atoms with Gasteiger partial charge in [-0.1, -0.05) is 0 Å². The van der Waals surface area contributed by atoms with Crippen LogP contribution in [-0.4, -0.2) is 32.8 Å². The Kier molecular flexibility index (Phi) is 3.80. The van der Waals surface area contributed by atoms with Crippen LogP contribution >= 0.6 is 0 Å². The molecule has 0 saturated heterocycles. The van der Waals surface area contributed by atoms with Gasteiger partial charge in [0.2, 0.25) is 0 Å². The van der Waals surface area contributed by atoms with Crippen LogP contribution in [0.4, 0.5) is 17.3 Å². The first-order chi connectivity index (χ1) is 9.61. The van der Waals surface area contributed by atoms with Crippen LogP contribution in [0, 0.1) is 10.1 Å². The van der Waals surface area contributed by atoms with Gasteiger partial charge in [0.1, 0.15) is 12.0 Å². The van der Waals surface area contributed by atoms with E-state index < -0.39 is 10.8 Å². The first-order valence-electron chi connectivity index (χ1n) is 5.51. The number of hydrogen-bond acceptors (Lipinski definition) is 7. The van der Waals surface area contributed by atoms with Gasteiger partial charge >= 0.3 is 0 Å². The third-order valence-corrected chi connectivity index (χ3v) is 2.37. The summed E-state index contributed by atoms with van der Waals surface area (Å²) in [7, 11) is 1.56. The topological polar surface area (TPSA) is 123 Å². The number of nitro groups is 1. The summed E-state index contributed by atoms with van der Waals surface area (Å²) in [5, 5.41) is 15.9. The van der Waals surface area contributed by atoms with Crippen molar-refractivity contribution in [1.29, 1.82) is 0 Å². The lowest BCUT2D eigenvalue weighted by atomic mass is 10.2. The van der Waals surface area contributed by atoms with Crippen LogP contribution in [0.1, 0.15) is 10.4 Å². The molecule has 0 bridgehead atoms. The lowest BCUT2D eigenvalue weighted by Crippen LogP contribution is -2.16. The third-order valence-electron chi connectivity index (χ3n) is 2.37. The molecule has 0 aliphatic heterocycles. The Morgan fingerprint density at radius 2 is 2.10 bits per heavy atom. The van der Waals surface area contributed by atoms with Crippen molar-refractivity contribution in [2.45, 2.75) is 0 Å². The number of nitrogens with one attached hydrogen (secondary N) is 2. The van der Waals surface area contributed by atoms with Gasteiger partial charge in [-0.05, 0) is 0 Å². The second-order valence-electron chi connectivity index (χ2n) is 3.64. The number of carbonyl (C=O) groups is 1. The van der Waals surface area contributed by atoms with Crippen LogP contribution in [0.2, 0.25) is 0 Å². The van der Waals surface area contributed by atoms with Crippen LogP contribution in [0.25, 0.3) is 0 Å². The number of pyridine rings is 1. The van der Waals surface area contributed by atoms with E-state index in [0.717, 1.165) is 12.3 Å². The summed E-state index contributed by atoms with van der Waals surface area (Å²) in [6.45, 7) is 0. The molecular weight excluding hydrogens is 264 g/mol. The largest absolute Gasteiger partial charge is 0.372 e. The van der Waals surface area contributed by atoms with Gasteiger partial charge in [-0.15, -0.1) is 0 Å². The molecule has 2 heterocycles. The standard InChI is InChI=1S/C11H10N6O3/c1-12-10-8(4-7(5-15-10)17(19)20)11(18)16-9-6-13-2-3-14-9/h2-6H,1H3,(H,12,15)(H,14,16,18). The van der Waals surface area contributed by atoms with Crippen molar-refractivity contribution >= 4 is 23.2 Å². The Labute approximate surface area is 113 Å². The van der Waals surface area contributed by atoms with Gasteiger partial charge < -0.3 is 10.6 Å². The summed E-state index contributed by atoms with van der Waals surface area (Å²) >= 11 is 0. The first kappa shape index (κ1) is 13.3. The molecule has 0 radical (unpaired) electrons. The monoisotopic (exact) mass is 274 g/mol. The van der Waals surface area contributed by atoms with Crippen LogP contribution in [0.3, 0.4) is 0 Å². The van der Waals surface area contributed by atoms with E-state index in [-0.39, 0.29) is 22.9 Å². The fourth-order valence-corrected chi connectivity index (χ4v) is 1.47. The molecule has 20 heavy (non-hydrogen) atoms. The number of anilines is 2. The zero-order chi connectivity index (χ0) is 14.5. The van der Waals surface area contributed by atoms with Gasteiger partial charge in [-0.2, -0.15) is 0 Å². The Morgan fingerprint density at radius 1 is 1.30 bits per heavy atom. The molecule has 2 rings (SSSR count). The molecule has 9 heteroatoms. The summed E-state index contributed by atoms with van der Waals surface area (Å²) in [4.78, 5) is 33.7. The quantitative estimate of drug-likeness (QED) is 0.631. The van der Waals surface area contributed by atoms with Crippen molar-refractivity contribution in [2.24, 2.45) is 0 Å². The SMILES string of the molecule is CNc1ncc([N+](=O)[O-])cc1C(=O)Nc1cnccn1. The fraction of sp³-hybridized carbons (Fsp3) is 0.0909. The van der Waals surface area contributed by atoms with E-state index in [4.69, 9.17) is 0 Å². The average Bonchev–Trinajstić information content (AvgIpc) is 2.47. The van der Waals surface area contributed by atoms with Gasteiger partial charge in [-0.3, -0.25) is 19.9 Å². The van der Waals surface area contributed by atoms with Gasteiger partial charge in [0.25, 0.3) is 11.6 Å². The van der Waals surface area contributed by atoms with E-state index in [1.807, 2.05) is 0 Å². The molecule has 0 unspecified atom stereocenters. The van der Waals surface area contributed by atoms with Gasteiger partial charge in [0.15, 0.2) is 5.82 Å². The molecule has 0 aliphatic rings. The Bertz CT molecular complexity index is 646. The van der Waals surface area contributed by atoms with Gasteiger partial charge in [-0.25, -0.2) is 9.97 Å². The summed E-state index contributed by atoms with van der Waals surface area (Å²) in [5.74, 6) is -0.0888. The van der Waals surface area contributed by atoms with Crippen molar-refractivity contribution in [3.63, 3.8) is 0 Å². The molecular formula is C11H10N6O3. The smallest absolute Gasteiger partial charge is 0.288 e. The molecule has 0 aromatic carbocycles.